The Bertz CT molecular complexity index is 184. The van der Waals surface area contributed by atoms with E-state index in [-0.39, 0.29) is 6.61 Å². The Hall–Kier alpha value is -0.980. The standard InChI is InChI=1S/C7H12F3NO3/c1-2-3-4-14-6(13)11-5(12)7(8,9)10/h5,12H,2-4H2,1H3,(H,11,13). The Labute approximate surface area is 79.0 Å². The molecule has 0 aromatic carbocycles. The van der Waals surface area contributed by atoms with Crippen LogP contribution in [0.5, 0.6) is 0 Å². The summed E-state index contributed by atoms with van der Waals surface area (Å²) in [6.45, 7) is 1.87. The number of ether oxygens (including phenoxy) is 1. The molecular weight excluding hydrogens is 203 g/mol. The van der Waals surface area contributed by atoms with Gasteiger partial charge in [0.05, 0.1) is 6.61 Å². The van der Waals surface area contributed by atoms with Gasteiger partial charge in [-0.2, -0.15) is 13.2 Å². The maximum Gasteiger partial charge on any atom is 0.433 e. The van der Waals surface area contributed by atoms with E-state index in [1.54, 1.807) is 0 Å². The zero-order valence-corrected chi connectivity index (χ0v) is 7.60. The Kier molecular flexibility index (Phi) is 5.29. The van der Waals surface area contributed by atoms with E-state index in [4.69, 9.17) is 5.11 Å². The fraction of sp³-hybridized carbons (Fsp3) is 0.857. The molecule has 0 aliphatic rings. The molecule has 0 radical (unpaired) electrons. The number of carbonyl (C=O) groups is 1. The molecule has 0 aliphatic carbocycles. The SMILES string of the molecule is CCCCOC(=O)NC(O)C(F)(F)F. The first-order chi connectivity index (χ1) is 6.38. The molecule has 0 rings (SSSR count). The number of nitrogens with one attached hydrogen (secondary N) is 1. The molecule has 1 amide bonds. The van der Waals surface area contributed by atoms with E-state index in [9.17, 15) is 18.0 Å². The van der Waals surface area contributed by atoms with Gasteiger partial charge in [-0.3, -0.25) is 5.32 Å². The Morgan fingerprint density at radius 3 is 2.57 bits per heavy atom. The number of halogens is 3. The molecule has 0 bridgehead atoms. The number of carbonyl (C=O) groups excluding carboxylic acids is 1. The van der Waals surface area contributed by atoms with Crippen LogP contribution in [-0.4, -0.2) is 30.2 Å². The van der Waals surface area contributed by atoms with Crippen molar-refractivity contribution in [1.82, 2.24) is 5.32 Å². The molecule has 2 N–H and O–H groups in total. The summed E-state index contributed by atoms with van der Waals surface area (Å²) in [7, 11) is 0. The van der Waals surface area contributed by atoms with Gasteiger partial charge in [0, 0.05) is 0 Å². The van der Waals surface area contributed by atoms with Crippen molar-refractivity contribution in [3.63, 3.8) is 0 Å². The number of alkyl carbamates (subject to hydrolysis) is 1. The monoisotopic (exact) mass is 215 g/mol. The van der Waals surface area contributed by atoms with Crippen molar-refractivity contribution in [2.75, 3.05) is 6.61 Å². The zero-order valence-electron chi connectivity index (χ0n) is 7.60. The first-order valence-corrected chi connectivity index (χ1v) is 4.06. The molecule has 0 aromatic rings. The normalized spacial score (nSPS) is 13.5. The van der Waals surface area contributed by atoms with Crippen LogP contribution in [0.4, 0.5) is 18.0 Å². The van der Waals surface area contributed by atoms with Gasteiger partial charge in [0.2, 0.25) is 6.23 Å². The van der Waals surface area contributed by atoms with E-state index in [0.29, 0.717) is 6.42 Å². The minimum Gasteiger partial charge on any atom is -0.450 e. The van der Waals surface area contributed by atoms with E-state index in [2.05, 4.69) is 4.74 Å². The van der Waals surface area contributed by atoms with Gasteiger partial charge in [-0.05, 0) is 6.42 Å². The lowest BCUT2D eigenvalue weighted by molar-refractivity contribution is -0.210. The third-order valence-electron chi connectivity index (χ3n) is 1.30. The van der Waals surface area contributed by atoms with Gasteiger partial charge < -0.3 is 9.84 Å². The Balaban J connectivity index is 3.72. The molecule has 4 nitrogen and oxygen atoms in total. The van der Waals surface area contributed by atoms with Crippen molar-refractivity contribution in [3.05, 3.63) is 0 Å². The molecule has 1 unspecified atom stereocenters. The number of aliphatic hydroxyl groups excluding tert-OH is 1. The highest BCUT2D eigenvalue weighted by Gasteiger charge is 2.39. The van der Waals surface area contributed by atoms with Crippen molar-refractivity contribution >= 4 is 6.09 Å². The van der Waals surface area contributed by atoms with Crippen LogP contribution in [0.3, 0.4) is 0 Å². The van der Waals surface area contributed by atoms with Crippen LogP contribution in [0.2, 0.25) is 0 Å². The topological polar surface area (TPSA) is 58.6 Å². The smallest absolute Gasteiger partial charge is 0.433 e. The summed E-state index contributed by atoms with van der Waals surface area (Å²) in [5, 5.41) is 9.62. The molecule has 0 saturated carbocycles. The van der Waals surface area contributed by atoms with Gasteiger partial charge >= 0.3 is 12.3 Å². The summed E-state index contributed by atoms with van der Waals surface area (Å²) in [6, 6.07) is 0. The van der Waals surface area contributed by atoms with Gasteiger partial charge in [-0.25, -0.2) is 4.79 Å². The summed E-state index contributed by atoms with van der Waals surface area (Å²) >= 11 is 0. The molecule has 0 fully saturated rings. The average Bonchev–Trinajstić information content (AvgIpc) is 2.03. The predicted octanol–water partition coefficient (Wildman–Crippen LogP) is 1.39. The number of amides is 1. The average molecular weight is 215 g/mol. The molecular formula is C7H12F3NO3. The molecule has 0 aromatic heterocycles. The highest BCUT2D eigenvalue weighted by Crippen LogP contribution is 2.17. The minimum absolute atomic E-state index is 0.0346. The largest absolute Gasteiger partial charge is 0.450 e. The van der Waals surface area contributed by atoms with Crippen molar-refractivity contribution in [3.8, 4) is 0 Å². The number of rotatable bonds is 4. The first-order valence-electron chi connectivity index (χ1n) is 4.06. The summed E-state index contributed by atoms with van der Waals surface area (Å²) in [6.07, 6.45) is -7.70. The molecule has 0 aliphatic heterocycles. The lowest BCUT2D eigenvalue weighted by Crippen LogP contribution is -2.45. The number of unbranched alkanes of at least 4 members (excludes halogenated alkanes) is 1. The summed E-state index contributed by atoms with van der Waals surface area (Å²) in [4.78, 5) is 10.6. The molecule has 0 saturated heterocycles. The molecule has 7 heteroatoms. The second-order valence-corrected chi connectivity index (χ2v) is 2.58. The van der Waals surface area contributed by atoms with Gasteiger partial charge in [-0.1, -0.05) is 13.3 Å². The molecule has 84 valence electrons. The summed E-state index contributed by atoms with van der Waals surface area (Å²) in [5.41, 5.74) is 0. The number of hydrogen-bond acceptors (Lipinski definition) is 3. The zero-order chi connectivity index (χ0) is 11.2. The minimum atomic E-state index is -4.87. The number of hydrogen-bond donors (Lipinski definition) is 2. The van der Waals surface area contributed by atoms with Crippen molar-refractivity contribution in [2.45, 2.75) is 32.2 Å². The van der Waals surface area contributed by atoms with Crippen LogP contribution >= 0.6 is 0 Å². The van der Waals surface area contributed by atoms with Gasteiger partial charge in [0.25, 0.3) is 0 Å². The van der Waals surface area contributed by atoms with Crippen LogP contribution in [0, 0.1) is 0 Å². The van der Waals surface area contributed by atoms with E-state index in [1.807, 2.05) is 6.92 Å². The number of aliphatic hydroxyl groups is 1. The quantitative estimate of drug-likeness (QED) is 0.550. The number of alkyl halides is 3. The van der Waals surface area contributed by atoms with E-state index >= 15 is 0 Å². The second kappa shape index (κ2) is 5.69. The summed E-state index contributed by atoms with van der Waals surface area (Å²) in [5.74, 6) is 0. The lowest BCUT2D eigenvalue weighted by atomic mass is 10.4. The lowest BCUT2D eigenvalue weighted by Gasteiger charge is -2.15. The second-order valence-electron chi connectivity index (χ2n) is 2.58. The van der Waals surface area contributed by atoms with E-state index in [1.165, 1.54) is 5.32 Å². The molecule has 1 atom stereocenters. The summed E-state index contributed by atoms with van der Waals surface area (Å²) < 4.78 is 39.4. The molecule has 0 heterocycles. The van der Waals surface area contributed by atoms with E-state index in [0.717, 1.165) is 6.42 Å². The third kappa shape index (κ3) is 5.63. The third-order valence-corrected chi connectivity index (χ3v) is 1.30. The van der Waals surface area contributed by atoms with Gasteiger partial charge in [0.15, 0.2) is 0 Å². The van der Waals surface area contributed by atoms with Crippen molar-refractivity contribution in [1.29, 1.82) is 0 Å². The Morgan fingerprint density at radius 1 is 1.57 bits per heavy atom. The maximum absolute atomic E-state index is 11.7. The van der Waals surface area contributed by atoms with Crippen molar-refractivity contribution < 1.29 is 27.8 Å². The van der Waals surface area contributed by atoms with Crippen LogP contribution < -0.4 is 5.32 Å². The van der Waals surface area contributed by atoms with Gasteiger partial charge in [0.1, 0.15) is 0 Å². The van der Waals surface area contributed by atoms with Gasteiger partial charge in [-0.15, -0.1) is 0 Å². The first kappa shape index (κ1) is 13.0. The van der Waals surface area contributed by atoms with Crippen LogP contribution in [0.15, 0.2) is 0 Å². The van der Waals surface area contributed by atoms with Crippen LogP contribution in [0.25, 0.3) is 0 Å². The fourth-order valence-electron chi connectivity index (χ4n) is 0.544. The van der Waals surface area contributed by atoms with E-state index < -0.39 is 18.5 Å². The Morgan fingerprint density at radius 2 is 2.14 bits per heavy atom. The maximum atomic E-state index is 11.7. The van der Waals surface area contributed by atoms with Crippen LogP contribution in [0.1, 0.15) is 19.8 Å². The fourth-order valence-corrected chi connectivity index (χ4v) is 0.544. The predicted molar refractivity (Wildman–Crippen MR) is 41.5 cm³/mol. The molecule has 14 heavy (non-hydrogen) atoms. The van der Waals surface area contributed by atoms with Crippen molar-refractivity contribution in [2.24, 2.45) is 0 Å². The highest BCUT2D eigenvalue weighted by molar-refractivity contribution is 5.67. The highest BCUT2D eigenvalue weighted by atomic mass is 19.4. The van der Waals surface area contributed by atoms with Crippen LogP contribution in [-0.2, 0) is 4.74 Å². The molecule has 0 spiro atoms.